The van der Waals surface area contributed by atoms with Crippen LogP contribution in [0, 0.1) is 6.92 Å². The Kier molecular flexibility index (Phi) is 1.70. The quantitative estimate of drug-likeness (QED) is 0.649. The zero-order valence-electron chi connectivity index (χ0n) is 6.51. The molecule has 0 saturated heterocycles. The molecule has 1 aromatic rings. The number of aryl methyl sites for hydroxylation is 1. The third-order valence-electron chi connectivity index (χ3n) is 1.48. The highest BCUT2D eigenvalue weighted by Gasteiger charge is 2.07. The molecule has 1 aromatic heterocycles. The van der Waals surface area contributed by atoms with Crippen molar-refractivity contribution >= 4 is 0 Å². The first-order chi connectivity index (χ1) is 4.61. The van der Waals surface area contributed by atoms with Crippen LogP contribution in [-0.2, 0) is 0 Å². The highest BCUT2D eigenvalue weighted by atomic mass is 16.4. The lowest BCUT2D eigenvalue weighted by molar-refractivity contribution is 0.426. The third kappa shape index (κ3) is 1.15. The van der Waals surface area contributed by atoms with Gasteiger partial charge in [-0.05, 0) is 6.92 Å². The molecule has 0 aromatic carbocycles. The Morgan fingerprint density at radius 1 is 1.50 bits per heavy atom. The van der Waals surface area contributed by atoms with E-state index < -0.39 is 0 Å². The molecule has 0 aliphatic carbocycles. The fourth-order valence-electron chi connectivity index (χ4n) is 0.779. The van der Waals surface area contributed by atoms with Gasteiger partial charge in [-0.15, -0.1) is 0 Å². The summed E-state index contributed by atoms with van der Waals surface area (Å²) in [5, 5.41) is 9.10. The van der Waals surface area contributed by atoms with E-state index in [1.165, 1.54) is 0 Å². The van der Waals surface area contributed by atoms with Gasteiger partial charge in [0.2, 0.25) is 0 Å². The van der Waals surface area contributed by atoms with Crippen LogP contribution in [0.4, 0.5) is 0 Å². The Balaban J connectivity index is 2.98. The average Bonchev–Trinajstić information content (AvgIpc) is 2.13. The molecule has 0 saturated carbocycles. The Hall–Kier alpha value is -0.920. The van der Waals surface area contributed by atoms with Crippen LogP contribution in [0.15, 0.2) is 10.5 Å². The van der Waals surface area contributed by atoms with Gasteiger partial charge in [-0.2, -0.15) is 0 Å². The van der Waals surface area contributed by atoms with Gasteiger partial charge in [0.1, 0.15) is 11.5 Å². The Labute approximate surface area is 60.5 Å². The standard InChI is InChI=1S/C8H12O2/c1-5(2)8-4-7(9)6(3)10-8/h4-5,9H,1-3H3. The smallest absolute Gasteiger partial charge is 0.156 e. The maximum absolute atomic E-state index is 9.10. The van der Waals surface area contributed by atoms with E-state index in [0.29, 0.717) is 11.7 Å². The molecule has 1 N–H and O–H groups in total. The summed E-state index contributed by atoms with van der Waals surface area (Å²) < 4.78 is 5.23. The van der Waals surface area contributed by atoms with Gasteiger partial charge in [-0.3, -0.25) is 0 Å². The zero-order valence-corrected chi connectivity index (χ0v) is 6.51. The lowest BCUT2D eigenvalue weighted by Crippen LogP contribution is -1.80. The van der Waals surface area contributed by atoms with Crippen molar-refractivity contribution in [2.75, 3.05) is 0 Å². The number of rotatable bonds is 1. The number of hydrogen-bond acceptors (Lipinski definition) is 2. The van der Waals surface area contributed by atoms with Gasteiger partial charge in [-0.1, -0.05) is 13.8 Å². The summed E-state index contributed by atoms with van der Waals surface area (Å²) in [5.41, 5.74) is 0. The van der Waals surface area contributed by atoms with Crippen LogP contribution in [-0.4, -0.2) is 5.11 Å². The van der Waals surface area contributed by atoms with Crippen molar-refractivity contribution in [1.82, 2.24) is 0 Å². The highest BCUT2D eigenvalue weighted by Crippen LogP contribution is 2.25. The van der Waals surface area contributed by atoms with Crippen LogP contribution < -0.4 is 0 Å². The molecule has 0 bridgehead atoms. The minimum absolute atomic E-state index is 0.253. The molecule has 0 atom stereocenters. The third-order valence-corrected chi connectivity index (χ3v) is 1.48. The van der Waals surface area contributed by atoms with E-state index in [0.717, 1.165) is 5.76 Å². The largest absolute Gasteiger partial charge is 0.504 e. The molecule has 0 amide bonds. The highest BCUT2D eigenvalue weighted by molar-refractivity contribution is 5.26. The van der Waals surface area contributed by atoms with Crippen LogP contribution in [0.5, 0.6) is 5.75 Å². The van der Waals surface area contributed by atoms with Crippen molar-refractivity contribution in [3.05, 3.63) is 17.6 Å². The molecule has 0 fully saturated rings. The van der Waals surface area contributed by atoms with E-state index >= 15 is 0 Å². The van der Waals surface area contributed by atoms with E-state index in [1.54, 1.807) is 13.0 Å². The van der Waals surface area contributed by atoms with Crippen molar-refractivity contribution in [1.29, 1.82) is 0 Å². The van der Waals surface area contributed by atoms with Crippen molar-refractivity contribution in [2.24, 2.45) is 0 Å². The summed E-state index contributed by atoms with van der Waals surface area (Å²) in [7, 11) is 0. The van der Waals surface area contributed by atoms with Gasteiger partial charge >= 0.3 is 0 Å². The Bertz CT molecular complexity index is 204. The van der Waals surface area contributed by atoms with E-state index in [9.17, 15) is 0 Å². The molecule has 0 aliphatic rings. The maximum atomic E-state index is 9.10. The predicted molar refractivity (Wildman–Crippen MR) is 39.2 cm³/mol. The minimum Gasteiger partial charge on any atom is -0.504 e. The first-order valence-electron chi connectivity index (χ1n) is 3.40. The summed E-state index contributed by atoms with van der Waals surface area (Å²) >= 11 is 0. The SMILES string of the molecule is Cc1oc(C(C)C)cc1O. The minimum atomic E-state index is 0.253. The molecule has 10 heavy (non-hydrogen) atoms. The molecule has 0 aliphatic heterocycles. The molecule has 1 rings (SSSR count). The molecular formula is C8H12O2. The predicted octanol–water partition coefficient (Wildman–Crippen LogP) is 2.42. The van der Waals surface area contributed by atoms with E-state index in [1.807, 2.05) is 13.8 Å². The van der Waals surface area contributed by atoms with Crippen LogP contribution >= 0.6 is 0 Å². The molecule has 56 valence electrons. The second-order valence-electron chi connectivity index (χ2n) is 2.74. The lowest BCUT2D eigenvalue weighted by Gasteiger charge is -1.95. The second-order valence-corrected chi connectivity index (χ2v) is 2.74. The second kappa shape index (κ2) is 2.37. The van der Waals surface area contributed by atoms with Crippen LogP contribution in [0.25, 0.3) is 0 Å². The van der Waals surface area contributed by atoms with E-state index in [2.05, 4.69) is 0 Å². The van der Waals surface area contributed by atoms with Crippen LogP contribution in [0.1, 0.15) is 31.3 Å². The Morgan fingerprint density at radius 3 is 2.30 bits per heavy atom. The van der Waals surface area contributed by atoms with Crippen molar-refractivity contribution in [3.63, 3.8) is 0 Å². The van der Waals surface area contributed by atoms with Gasteiger partial charge in [0.05, 0.1) is 0 Å². The molecule has 0 radical (unpaired) electrons. The van der Waals surface area contributed by atoms with Crippen molar-refractivity contribution in [2.45, 2.75) is 26.7 Å². The Morgan fingerprint density at radius 2 is 2.10 bits per heavy atom. The molecule has 0 spiro atoms. The maximum Gasteiger partial charge on any atom is 0.156 e. The first kappa shape index (κ1) is 7.19. The van der Waals surface area contributed by atoms with E-state index in [4.69, 9.17) is 9.52 Å². The van der Waals surface area contributed by atoms with Crippen LogP contribution in [0.2, 0.25) is 0 Å². The molecule has 2 heteroatoms. The summed E-state index contributed by atoms with van der Waals surface area (Å²) in [6.07, 6.45) is 0. The average molecular weight is 140 g/mol. The molecule has 1 heterocycles. The summed E-state index contributed by atoms with van der Waals surface area (Å²) in [5.74, 6) is 2.04. The topological polar surface area (TPSA) is 33.4 Å². The summed E-state index contributed by atoms with van der Waals surface area (Å²) in [6.45, 7) is 5.80. The van der Waals surface area contributed by atoms with Gasteiger partial charge in [0.25, 0.3) is 0 Å². The molecular weight excluding hydrogens is 128 g/mol. The lowest BCUT2D eigenvalue weighted by atomic mass is 10.2. The molecule has 2 nitrogen and oxygen atoms in total. The van der Waals surface area contributed by atoms with Crippen molar-refractivity contribution < 1.29 is 9.52 Å². The van der Waals surface area contributed by atoms with Gasteiger partial charge < -0.3 is 9.52 Å². The number of hydrogen-bond donors (Lipinski definition) is 1. The number of furan rings is 1. The van der Waals surface area contributed by atoms with Crippen molar-refractivity contribution in [3.8, 4) is 5.75 Å². The fraction of sp³-hybridized carbons (Fsp3) is 0.500. The normalized spacial score (nSPS) is 10.8. The zero-order chi connectivity index (χ0) is 7.72. The first-order valence-corrected chi connectivity index (χ1v) is 3.40. The molecule has 0 unspecified atom stereocenters. The number of aromatic hydroxyl groups is 1. The summed E-state index contributed by atoms with van der Waals surface area (Å²) in [4.78, 5) is 0. The van der Waals surface area contributed by atoms with Crippen LogP contribution in [0.3, 0.4) is 0 Å². The van der Waals surface area contributed by atoms with Gasteiger partial charge in [0.15, 0.2) is 5.75 Å². The van der Waals surface area contributed by atoms with E-state index in [-0.39, 0.29) is 5.75 Å². The monoisotopic (exact) mass is 140 g/mol. The fourth-order valence-corrected chi connectivity index (χ4v) is 0.779. The van der Waals surface area contributed by atoms with Gasteiger partial charge in [-0.25, -0.2) is 0 Å². The summed E-state index contributed by atoms with van der Waals surface area (Å²) in [6, 6.07) is 1.67. The van der Waals surface area contributed by atoms with Gasteiger partial charge in [0, 0.05) is 12.0 Å².